The molecule has 0 aliphatic carbocycles. The van der Waals surface area contributed by atoms with Crippen LogP contribution in [0.5, 0.6) is 0 Å². The number of aromatic amines is 1. The molecule has 1 aromatic carbocycles. The number of amides is 1. The Balaban J connectivity index is 0.000000532. The van der Waals surface area contributed by atoms with Crippen LogP contribution >= 0.6 is 11.6 Å². The number of nitrogens with one attached hydrogen (secondary N) is 1. The number of hydrogen-bond acceptors (Lipinski definition) is 6. The number of hydrogen-bond donors (Lipinski definition) is 2. The minimum absolute atomic E-state index is 0.0423. The van der Waals surface area contributed by atoms with Crippen molar-refractivity contribution in [2.75, 3.05) is 31.1 Å². The molecule has 208 valence electrons. The van der Waals surface area contributed by atoms with Gasteiger partial charge in [0.15, 0.2) is 0 Å². The first kappa shape index (κ1) is 29.6. The Morgan fingerprint density at radius 1 is 1.10 bits per heavy atom. The number of carbonyl (C=O) groups excluding carboxylic acids is 1. The normalized spacial score (nSPS) is 13.5. The smallest absolute Gasteiger partial charge is 0.475 e. The molecule has 0 radical (unpaired) electrons. The molecule has 0 bridgehead atoms. The molecular weight excluding hydrogens is 546 g/mol. The molecule has 3 aromatic rings. The van der Waals surface area contributed by atoms with Gasteiger partial charge in [0, 0.05) is 44.4 Å². The number of carbonyl (C=O) groups is 2. The monoisotopic (exact) mass is 569 g/mol. The summed E-state index contributed by atoms with van der Waals surface area (Å²) in [7, 11) is 0. The highest BCUT2D eigenvalue weighted by Crippen LogP contribution is 2.20. The number of pyridine rings is 1. The molecule has 39 heavy (non-hydrogen) atoms. The fourth-order valence-electron chi connectivity index (χ4n) is 3.77. The fraction of sp³-hybridized carbons (Fsp3) is 0.320. The Morgan fingerprint density at radius 2 is 1.77 bits per heavy atom. The quantitative estimate of drug-likeness (QED) is 0.450. The summed E-state index contributed by atoms with van der Waals surface area (Å²) in [5.74, 6) is -2.84. The van der Waals surface area contributed by atoms with E-state index in [1.807, 2.05) is 13.0 Å². The number of alkyl halides is 3. The van der Waals surface area contributed by atoms with Crippen LogP contribution in [0.4, 0.5) is 23.4 Å². The maximum Gasteiger partial charge on any atom is 0.490 e. The topological polar surface area (TPSA) is 119 Å². The molecule has 0 atom stereocenters. The predicted octanol–water partition coefficient (Wildman–Crippen LogP) is 3.71. The lowest BCUT2D eigenvalue weighted by Gasteiger charge is -2.35. The third-order valence-electron chi connectivity index (χ3n) is 5.81. The van der Waals surface area contributed by atoms with E-state index in [2.05, 4.69) is 20.1 Å². The first-order valence-electron chi connectivity index (χ1n) is 11.7. The zero-order valence-corrected chi connectivity index (χ0v) is 21.4. The van der Waals surface area contributed by atoms with Gasteiger partial charge in [0.1, 0.15) is 11.6 Å². The molecule has 0 spiro atoms. The number of aromatic nitrogens is 3. The van der Waals surface area contributed by atoms with E-state index in [1.54, 1.807) is 35.4 Å². The number of piperazine rings is 1. The Hall–Kier alpha value is -4.00. The highest BCUT2D eigenvalue weighted by atomic mass is 35.5. The van der Waals surface area contributed by atoms with Crippen molar-refractivity contribution >= 4 is 29.3 Å². The summed E-state index contributed by atoms with van der Waals surface area (Å²) in [6.45, 7) is 4.03. The van der Waals surface area contributed by atoms with Crippen molar-refractivity contribution < 1.29 is 32.3 Å². The molecule has 4 rings (SSSR count). The number of nitrogens with zero attached hydrogens (tertiary/aromatic N) is 4. The average Bonchev–Trinajstić information content (AvgIpc) is 2.91. The molecule has 1 amide bonds. The zero-order chi connectivity index (χ0) is 28.7. The Bertz CT molecular complexity index is 1370. The van der Waals surface area contributed by atoms with Crippen molar-refractivity contribution in [3.8, 4) is 0 Å². The number of benzene rings is 1. The number of aliphatic carboxylic acids is 1. The van der Waals surface area contributed by atoms with Gasteiger partial charge in [-0.25, -0.2) is 19.3 Å². The van der Waals surface area contributed by atoms with E-state index >= 15 is 0 Å². The molecule has 1 saturated heterocycles. The van der Waals surface area contributed by atoms with Gasteiger partial charge in [0.05, 0.1) is 16.3 Å². The molecule has 3 heterocycles. The molecule has 14 heteroatoms. The van der Waals surface area contributed by atoms with Gasteiger partial charge in [-0.2, -0.15) is 18.3 Å². The van der Waals surface area contributed by atoms with Gasteiger partial charge in [0.2, 0.25) is 0 Å². The van der Waals surface area contributed by atoms with Gasteiger partial charge >= 0.3 is 12.1 Å². The second-order valence-corrected chi connectivity index (χ2v) is 8.91. The molecule has 1 aliphatic rings. The minimum atomic E-state index is -5.08. The molecule has 1 fully saturated rings. The van der Waals surface area contributed by atoms with Crippen LogP contribution < -0.4 is 10.5 Å². The lowest BCUT2D eigenvalue weighted by Crippen LogP contribution is -2.49. The summed E-state index contributed by atoms with van der Waals surface area (Å²) in [4.78, 5) is 41.7. The van der Waals surface area contributed by atoms with Gasteiger partial charge in [0.25, 0.3) is 11.5 Å². The summed E-state index contributed by atoms with van der Waals surface area (Å²) in [5, 5.41) is 14.2. The average molecular weight is 570 g/mol. The second kappa shape index (κ2) is 12.7. The zero-order valence-electron chi connectivity index (χ0n) is 20.6. The number of H-pyrrole nitrogens is 1. The fourth-order valence-corrected chi connectivity index (χ4v) is 3.88. The van der Waals surface area contributed by atoms with E-state index in [0.717, 1.165) is 11.4 Å². The summed E-state index contributed by atoms with van der Waals surface area (Å²) < 4.78 is 46.3. The highest BCUT2D eigenvalue weighted by Gasteiger charge is 2.38. The van der Waals surface area contributed by atoms with E-state index in [-0.39, 0.29) is 17.0 Å². The van der Waals surface area contributed by atoms with Crippen LogP contribution in [0.2, 0.25) is 5.02 Å². The summed E-state index contributed by atoms with van der Waals surface area (Å²) in [6.07, 6.45) is -2.51. The largest absolute Gasteiger partial charge is 0.490 e. The molecular formula is C25H24ClF4N5O4. The van der Waals surface area contributed by atoms with Gasteiger partial charge in [-0.3, -0.25) is 9.59 Å². The summed E-state index contributed by atoms with van der Waals surface area (Å²) in [6, 6.07) is 9.88. The van der Waals surface area contributed by atoms with Crippen LogP contribution in [0.25, 0.3) is 0 Å². The first-order chi connectivity index (χ1) is 18.4. The van der Waals surface area contributed by atoms with Crippen molar-refractivity contribution in [3.05, 3.63) is 86.2 Å². The van der Waals surface area contributed by atoms with E-state index in [9.17, 15) is 27.2 Å². The van der Waals surface area contributed by atoms with E-state index in [0.29, 0.717) is 55.3 Å². The molecule has 0 unspecified atom stereocenters. The van der Waals surface area contributed by atoms with Crippen LogP contribution in [-0.2, 0) is 17.6 Å². The summed E-state index contributed by atoms with van der Waals surface area (Å²) >= 11 is 5.89. The van der Waals surface area contributed by atoms with Gasteiger partial charge in [-0.15, -0.1) is 0 Å². The lowest BCUT2D eigenvalue weighted by molar-refractivity contribution is -0.192. The van der Waals surface area contributed by atoms with Crippen molar-refractivity contribution in [3.63, 3.8) is 0 Å². The summed E-state index contributed by atoms with van der Waals surface area (Å²) in [5.41, 5.74) is 1.89. The minimum Gasteiger partial charge on any atom is -0.475 e. The molecule has 2 aromatic heterocycles. The number of carboxylic acids is 1. The molecule has 2 N–H and O–H groups in total. The number of anilines is 1. The van der Waals surface area contributed by atoms with Crippen LogP contribution in [-0.4, -0.2) is 69.4 Å². The number of carboxylic acid groups (broad SMARTS) is 1. The van der Waals surface area contributed by atoms with Crippen molar-refractivity contribution in [1.82, 2.24) is 20.1 Å². The van der Waals surface area contributed by atoms with E-state index in [4.69, 9.17) is 21.5 Å². The number of rotatable bonds is 5. The van der Waals surface area contributed by atoms with Crippen LogP contribution in [0.1, 0.15) is 34.1 Å². The standard InChI is InChI=1S/C23H23ClFN5O2.C2HF3O2/c1-2-16-13-18(27-28-22(16)31)11-15-3-5-20(25)19(12-15)23(32)30-9-7-29(8-10-30)21-6-4-17(24)14-26-21;3-2(4,5)1(6)7/h3-6,12-14H,2,7-11H2,1H3,(H,28,31);(H,6,7). The second-order valence-electron chi connectivity index (χ2n) is 8.47. The maximum atomic E-state index is 14.5. The SMILES string of the molecule is CCc1cc(Cc2ccc(F)c(C(=O)N3CCN(c4ccc(Cl)cn4)CC3)c2)n[nH]c1=O.O=C(O)C(F)(F)F. The predicted molar refractivity (Wildman–Crippen MR) is 134 cm³/mol. The van der Waals surface area contributed by atoms with Crippen LogP contribution in [0.3, 0.4) is 0 Å². The lowest BCUT2D eigenvalue weighted by atomic mass is 10.0. The Kier molecular flexibility index (Phi) is 9.62. The van der Waals surface area contributed by atoms with Gasteiger partial charge < -0.3 is 14.9 Å². The van der Waals surface area contributed by atoms with E-state index in [1.165, 1.54) is 6.07 Å². The van der Waals surface area contributed by atoms with Crippen molar-refractivity contribution in [1.29, 1.82) is 0 Å². The molecule has 0 saturated carbocycles. The Morgan fingerprint density at radius 3 is 2.33 bits per heavy atom. The van der Waals surface area contributed by atoms with Crippen molar-refractivity contribution in [2.45, 2.75) is 25.9 Å². The number of aryl methyl sites for hydroxylation is 1. The van der Waals surface area contributed by atoms with Gasteiger partial charge in [-0.05, 0) is 42.3 Å². The van der Waals surface area contributed by atoms with E-state index < -0.39 is 18.0 Å². The number of halogens is 5. The molecule has 9 nitrogen and oxygen atoms in total. The third kappa shape index (κ3) is 7.99. The van der Waals surface area contributed by atoms with Crippen LogP contribution in [0.15, 0.2) is 47.4 Å². The first-order valence-corrected chi connectivity index (χ1v) is 12.1. The van der Waals surface area contributed by atoms with Gasteiger partial charge in [-0.1, -0.05) is 24.6 Å². The maximum absolute atomic E-state index is 14.5. The third-order valence-corrected chi connectivity index (χ3v) is 6.03. The highest BCUT2D eigenvalue weighted by molar-refractivity contribution is 6.30. The van der Waals surface area contributed by atoms with Crippen molar-refractivity contribution in [2.24, 2.45) is 0 Å². The van der Waals surface area contributed by atoms with Crippen LogP contribution in [0, 0.1) is 5.82 Å². The Labute approximate surface area is 225 Å². The molecule has 1 aliphatic heterocycles.